The first-order valence-electron chi connectivity index (χ1n) is 7.27. The molecule has 2 unspecified atom stereocenters. The Labute approximate surface area is 128 Å². The summed E-state index contributed by atoms with van der Waals surface area (Å²) in [6.07, 6.45) is 1.30. The summed E-state index contributed by atoms with van der Waals surface area (Å²) in [5.74, 6) is -1.95. The van der Waals surface area contributed by atoms with E-state index in [9.17, 15) is 14.0 Å². The average molecular weight is 309 g/mol. The number of benzene rings is 1. The Morgan fingerprint density at radius 2 is 2.14 bits per heavy atom. The third-order valence-electron chi connectivity index (χ3n) is 4.12. The second kappa shape index (κ2) is 6.77. The van der Waals surface area contributed by atoms with Crippen molar-refractivity contribution in [2.24, 2.45) is 5.92 Å². The summed E-state index contributed by atoms with van der Waals surface area (Å²) in [6, 6.07) is 4.41. The maximum Gasteiger partial charge on any atom is 0.308 e. The van der Waals surface area contributed by atoms with Crippen LogP contribution in [0.5, 0.6) is 5.75 Å². The molecule has 1 fully saturated rings. The highest BCUT2D eigenvalue weighted by atomic mass is 19.1. The van der Waals surface area contributed by atoms with E-state index in [0.717, 1.165) is 0 Å². The molecule has 2 rings (SSSR count). The van der Waals surface area contributed by atoms with Crippen molar-refractivity contribution in [2.45, 2.75) is 32.2 Å². The van der Waals surface area contributed by atoms with Crippen molar-refractivity contribution < 1.29 is 23.8 Å². The normalized spacial score (nSPS) is 21.5. The minimum absolute atomic E-state index is 0.00574. The molecule has 22 heavy (non-hydrogen) atoms. The molecule has 0 saturated carbocycles. The summed E-state index contributed by atoms with van der Waals surface area (Å²) in [6.45, 7) is 2.12. The predicted octanol–water partition coefficient (Wildman–Crippen LogP) is 2.09. The van der Waals surface area contributed by atoms with Gasteiger partial charge in [0.15, 0.2) is 11.6 Å². The molecule has 1 aromatic carbocycles. The fraction of sp³-hybridized carbons (Fsp3) is 0.500. The number of carbonyl (C=O) groups excluding carboxylic acids is 1. The lowest BCUT2D eigenvalue weighted by molar-refractivity contribution is -0.146. The van der Waals surface area contributed by atoms with E-state index in [1.54, 1.807) is 11.0 Å². The first kappa shape index (κ1) is 16.3. The fourth-order valence-corrected chi connectivity index (χ4v) is 2.75. The largest absolute Gasteiger partial charge is 0.494 e. The molecule has 0 bridgehead atoms. The number of rotatable bonds is 4. The zero-order valence-corrected chi connectivity index (χ0v) is 12.7. The first-order chi connectivity index (χ1) is 10.4. The lowest BCUT2D eigenvalue weighted by atomic mass is 9.93. The molecule has 0 aliphatic carbocycles. The van der Waals surface area contributed by atoms with Crippen molar-refractivity contribution in [3.05, 3.63) is 29.6 Å². The Hall–Kier alpha value is -2.11. The number of ether oxygens (including phenoxy) is 1. The summed E-state index contributed by atoms with van der Waals surface area (Å²) in [5.41, 5.74) is 0.549. The van der Waals surface area contributed by atoms with Crippen molar-refractivity contribution in [3.63, 3.8) is 0 Å². The van der Waals surface area contributed by atoms with E-state index in [-0.39, 0.29) is 30.7 Å². The molecule has 1 aliphatic heterocycles. The summed E-state index contributed by atoms with van der Waals surface area (Å²) >= 11 is 0. The smallest absolute Gasteiger partial charge is 0.308 e. The third-order valence-corrected chi connectivity index (χ3v) is 4.12. The molecule has 1 saturated heterocycles. The van der Waals surface area contributed by atoms with Crippen LogP contribution in [-0.2, 0) is 16.0 Å². The molecule has 5 nitrogen and oxygen atoms in total. The van der Waals surface area contributed by atoms with Crippen LogP contribution in [0.4, 0.5) is 4.39 Å². The van der Waals surface area contributed by atoms with Gasteiger partial charge in [0.1, 0.15) is 0 Å². The number of likely N-dealkylation sites (tertiary alicyclic amines) is 1. The summed E-state index contributed by atoms with van der Waals surface area (Å²) in [7, 11) is 1.38. The Balaban J connectivity index is 2.07. The number of aliphatic carboxylic acids is 1. The SMILES string of the molecule is COc1ccc(CC(=O)N2CC(C(=O)O)CCC2C)cc1F. The molecule has 120 valence electrons. The van der Waals surface area contributed by atoms with Gasteiger partial charge in [0, 0.05) is 12.6 Å². The molecular formula is C16H20FNO4. The van der Waals surface area contributed by atoms with E-state index in [1.807, 2.05) is 6.92 Å². The number of carboxylic acids is 1. The second-order valence-corrected chi connectivity index (χ2v) is 5.65. The molecule has 1 aromatic rings. The maximum absolute atomic E-state index is 13.7. The van der Waals surface area contributed by atoms with Gasteiger partial charge in [-0.1, -0.05) is 6.07 Å². The van der Waals surface area contributed by atoms with Gasteiger partial charge in [-0.15, -0.1) is 0 Å². The van der Waals surface area contributed by atoms with E-state index >= 15 is 0 Å². The number of hydrogen-bond donors (Lipinski definition) is 1. The van der Waals surface area contributed by atoms with Gasteiger partial charge in [-0.25, -0.2) is 4.39 Å². The lowest BCUT2D eigenvalue weighted by Gasteiger charge is -2.36. The van der Waals surface area contributed by atoms with Crippen LogP contribution < -0.4 is 4.74 Å². The monoisotopic (exact) mass is 309 g/mol. The summed E-state index contributed by atoms with van der Waals surface area (Å²) in [5, 5.41) is 9.11. The van der Waals surface area contributed by atoms with Crippen molar-refractivity contribution >= 4 is 11.9 Å². The number of piperidine rings is 1. The van der Waals surface area contributed by atoms with Gasteiger partial charge in [-0.2, -0.15) is 0 Å². The molecule has 1 heterocycles. The van der Waals surface area contributed by atoms with Gasteiger partial charge in [-0.05, 0) is 37.5 Å². The second-order valence-electron chi connectivity index (χ2n) is 5.65. The van der Waals surface area contributed by atoms with Crippen molar-refractivity contribution in [3.8, 4) is 5.75 Å². The van der Waals surface area contributed by atoms with E-state index in [2.05, 4.69) is 0 Å². The summed E-state index contributed by atoms with van der Waals surface area (Å²) in [4.78, 5) is 25.1. The minimum Gasteiger partial charge on any atom is -0.494 e. The first-order valence-corrected chi connectivity index (χ1v) is 7.27. The van der Waals surface area contributed by atoms with Crippen LogP contribution in [-0.4, -0.2) is 41.6 Å². The highest BCUT2D eigenvalue weighted by Crippen LogP contribution is 2.24. The topological polar surface area (TPSA) is 66.8 Å². The zero-order chi connectivity index (χ0) is 16.3. The fourth-order valence-electron chi connectivity index (χ4n) is 2.75. The number of nitrogens with zero attached hydrogens (tertiary/aromatic N) is 1. The number of methoxy groups -OCH3 is 1. The Bertz CT molecular complexity index is 575. The Morgan fingerprint density at radius 3 is 2.73 bits per heavy atom. The van der Waals surface area contributed by atoms with Gasteiger partial charge in [0.25, 0.3) is 0 Å². The van der Waals surface area contributed by atoms with E-state index in [4.69, 9.17) is 9.84 Å². The molecule has 6 heteroatoms. The zero-order valence-electron chi connectivity index (χ0n) is 12.7. The summed E-state index contributed by atoms with van der Waals surface area (Å²) < 4.78 is 18.5. The standard InChI is InChI=1S/C16H20FNO4/c1-10-3-5-12(16(20)21)9-18(10)15(19)8-11-4-6-14(22-2)13(17)7-11/h4,6-7,10,12H,3,5,8-9H2,1-2H3,(H,20,21). The average Bonchev–Trinajstić information content (AvgIpc) is 2.47. The Morgan fingerprint density at radius 1 is 1.41 bits per heavy atom. The van der Waals surface area contributed by atoms with Crippen molar-refractivity contribution in [1.29, 1.82) is 0 Å². The Kier molecular flexibility index (Phi) is 5.00. The van der Waals surface area contributed by atoms with Crippen LogP contribution in [0.3, 0.4) is 0 Å². The molecular weight excluding hydrogens is 289 g/mol. The molecule has 2 atom stereocenters. The van der Waals surface area contributed by atoms with Gasteiger partial charge in [0.05, 0.1) is 19.4 Å². The quantitative estimate of drug-likeness (QED) is 0.925. The van der Waals surface area contributed by atoms with Crippen LogP contribution in [0, 0.1) is 11.7 Å². The molecule has 0 aromatic heterocycles. The molecule has 0 radical (unpaired) electrons. The third kappa shape index (κ3) is 3.55. The van der Waals surface area contributed by atoms with E-state index < -0.39 is 17.7 Å². The van der Waals surface area contributed by atoms with Crippen molar-refractivity contribution in [1.82, 2.24) is 4.90 Å². The number of carbonyl (C=O) groups is 2. The van der Waals surface area contributed by atoms with Crippen LogP contribution >= 0.6 is 0 Å². The number of amides is 1. The van der Waals surface area contributed by atoms with Crippen LogP contribution in [0.1, 0.15) is 25.3 Å². The van der Waals surface area contributed by atoms with Crippen LogP contribution in [0.15, 0.2) is 18.2 Å². The van der Waals surface area contributed by atoms with Crippen LogP contribution in [0.2, 0.25) is 0 Å². The number of carboxylic acid groups (broad SMARTS) is 1. The molecule has 1 N–H and O–H groups in total. The highest BCUT2D eigenvalue weighted by molar-refractivity contribution is 5.80. The maximum atomic E-state index is 13.7. The van der Waals surface area contributed by atoms with Gasteiger partial charge in [-0.3, -0.25) is 9.59 Å². The predicted molar refractivity (Wildman–Crippen MR) is 78.2 cm³/mol. The van der Waals surface area contributed by atoms with Gasteiger partial charge in [0.2, 0.25) is 5.91 Å². The van der Waals surface area contributed by atoms with E-state index in [1.165, 1.54) is 19.2 Å². The molecule has 1 amide bonds. The number of halogens is 1. The lowest BCUT2D eigenvalue weighted by Crippen LogP contribution is -2.47. The molecule has 0 spiro atoms. The minimum atomic E-state index is -0.875. The van der Waals surface area contributed by atoms with Crippen LogP contribution in [0.25, 0.3) is 0 Å². The number of hydrogen-bond acceptors (Lipinski definition) is 3. The molecule has 1 aliphatic rings. The highest BCUT2D eigenvalue weighted by Gasteiger charge is 2.32. The van der Waals surface area contributed by atoms with E-state index in [0.29, 0.717) is 18.4 Å². The van der Waals surface area contributed by atoms with Crippen molar-refractivity contribution in [2.75, 3.05) is 13.7 Å². The van der Waals surface area contributed by atoms with Gasteiger partial charge >= 0.3 is 5.97 Å². The van der Waals surface area contributed by atoms with Gasteiger partial charge < -0.3 is 14.7 Å².